The zero-order valence-corrected chi connectivity index (χ0v) is 14.6. The zero-order valence-electron chi connectivity index (χ0n) is 12.2. The molecule has 1 N–H and O–H groups in total. The Hall–Kier alpha value is -1.37. The summed E-state index contributed by atoms with van der Waals surface area (Å²) in [5, 5.41) is 7.62. The Morgan fingerprint density at radius 2 is 2.09 bits per heavy atom. The molecule has 1 saturated heterocycles. The van der Waals surface area contributed by atoms with Gasteiger partial charge in [0.25, 0.3) is 5.91 Å². The molecular weight excluding hydrogens is 368 g/mol. The zero-order chi connectivity index (χ0) is 14.8. The molecule has 0 bridgehead atoms. The van der Waals surface area contributed by atoms with E-state index in [1.54, 1.807) is 17.1 Å². The third-order valence-electron chi connectivity index (χ3n) is 3.58. The van der Waals surface area contributed by atoms with Crippen LogP contribution in [0.25, 0.3) is 5.69 Å². The quantitative estimate of drug-likeness (QED) is 0.864. The van der Waals surface area contributed by atoms with Crippen molar-refractivity contribution in [2.75, 3.05) is 19.6 Å². The molecule has 0 saturated carbocycles. The predicted octanol–water partition coefficient (Wildman–Crippen LogP) is 2.49. The fourth-order valence-corrected chi connectivity index (χ4v) is 2.73. The molecule has 5 nitrogen and oxygen atoms in total. The number of piperazine rings is 1. The van der Waals surface area contributed by atoms with Crippen LogP contribution in [0.15, 0.2) is 41.1 Å². The Balaban J connectivity index is 0.00000176. The normalized spacial score (nSPS) is 17.9. The van der Waals surface area contributed by atoms with Gasteiger partial charge in [-0.3, -0.25) is 4.79 Å². The predicted molar refractivity (Wildman–Crippen MR) is 91.9 cm³/mol. The number of hydrogen-bond donors (Lipinski definition) is 1. The van der Waals surface area contributed by atoms with Crippen molar-refractivity contribution in [1.29, 1.82) is 0 Å². The van der Waals surface area contributed by atoms with E-state index < -0.39 is 0 Å². The number of nitrogens with zero attached hydrogens (tertiary/aromatic N) is 3. The van der Waals surface area contributed by atoms with E-state index in [1.807, 2.05) is 29.2 Å². The van der Waals surface area contributed by atoms with Gasteiger partial charge in [0.05, 0.1) is 17.4 Å². The highest BCUT2D eigenvalue weighted by atomic mass is 79.9. The van der Waals surface area contributed by atoms with Crippen molar-refractivity contribution < 1.29 is 4.79 Å². The number of aromatic nitrogens is 2. The van der Waals surface area contributed by atoms with Gasteiger partial charge >= 0.3 is 0 Å². The van der Waals surface area contributed by atoms with Crippen molar-refractivity contribution in [3.63, 3.8) is 0 Å². The van der Waals surface area contributed by atoms with E-state index in [4.69, 9.17) is 0 Å². The highest BCUT2D eigenvalue weighted by Crippen LogP contribution is 2.15. The number of benzene rings is 1. The number of nitrogens with one attached hydrogen (secondary N) is 1. The standard InChI is InChI=1S/C15H17BrN4O.ClH/c1-11-9-19(7-6-17-11)15(21)12-8-18-20(10-12)14-4-2-13(16)3-5-14;/h2-5,8,10-11,17H,6-7,9H2,1H3;1H. The van der Waals surface area contributed by atoms with Crippen LogP contribution in [0, 0.1) is 0 Å². The van der Waals surface area contributed by atoms with Crippen LogP contribution < -0.4 is 5.32 Å². The van der Waals surface area contributed by atoms with Crippen LogP contribution in [-0.2, 0) is 0 Å². The second kappa shape index (κ2) is 7.26. The molecule has 118 valence electrons. The smallest absolute Gasteiger partial charge is 0.257 e. The minimum atomic E-state index is 0. The second-order valence-corrected chi connectivity index (χ2v) is 6.17. The van der Waals surface area contributed by atoms with Gasteiger partial charge in [0.2, 0.25) is 0 Å². The Morgan fingerprint density at radius 3 is 2.77 bits per heavy atom. The van der Waals surface area contributed by atoms with Crippen LogP contribution in [0.4, 0.5) is 0 Å². The van der Waals surface area contributed by atoms with Crippen molar-refractivity contribution in [2.24, 2.45) is 0 Å². The van der Waals surface area contributed by atoms with E-state index in [0.717, 1.165) is 29.8 Å². The van der Waals surface area contributed by atoms with Crippen molar-refractivity contribution >= 4 is 34.2 Å². The maximum atomic E-state index is 12.5. The fourth-order valence-electron chi connectivity index (χ4n) is 2.47. The van der Waals surface area contributed by atoms with Crippen molar-refractivity contribution in [2.45, 2.75) is 13.0 Å². The third kappa shape index (κ3) is 3.69. The third-order valence-corrected chi connectivity index (χ3v) is 4.11. The first-order valence-electron chi connectivity index (χ1n) is 6.97. The Kier molecular flexibility index (Phi) is 5.61. The molecule has 2 heterocycles. The van der Waals surface area contributed by atoms with E-state index >= 15 is 0 Å². The number of carbonyl (C=O) groups is 1. The molecule has 0 aliphatic carbocycles. The molecule has 1 atom stereocenters. The van der Waals surface area contributed by atoms with E-state index in [-0.39, 0.29) is 18.3 Å². The monoisotopic (exact) mass is 384 g/mol. The second-order valence-electron chi connectivity index (χ2n) is 5.26. The van der Waals surface area contributed by atoms with Crippen LogP contribution in [0.1, 0.15) is 17.3 Å². The summed E-state index contributed by atoms with van der Waals surface area (Å²) in [5.41, 5.74) is 1.57. The van der Waals surface area contributed by atoms with Gasteiger partial charge in [0, 0.05) is 36.3 Å². The van der Waals surface area contributed by atoms with Crippen LogP contribution >= 0.6 is 28.3 Å². The van der Waals surface area contributed by atoms with Gasteiger partial charge in [-0.05, 0) is 31.2 Å². The fraction of sp³-hybridized carbons (Fsp3) is 0.333. The first kappa shape index (κ1) is 17.0. The summed E-state index contributed by atoms with van der Waals surface area (Å²) in [6.07, 6.45) is 3.43. The van der Waals surface area contributed by atoms with Gasteiger partial charge < -0.3 is 10.2 Å². The average molecular weight is 386 g/mol. The topological polar surface area (TPSA) is 50.2 Å². The van der Waals surface area contributed by atoms with Gasteiger partial charge in [-0.2, -0.15) is 5.10 Å². The summed E-state index contributed by atoms with van der Waals surface area (Å²) in [6.45, 7) is 4.41. The van der Waals surface area contributed by atoms with Gasteiger partial charge in [-0.25, -0.2) is 4.68 Å². The lowest BCUT2D eigenvalue weighted by Gasteiger charge is -2.31. The lowest BCUT2D eigenvalue weighted by molar-refractivity contribution is 0.0709. The summed E-state index contributed by atoms with van der Waals surface area (Å²) in [6, 6.07) is 8.16. The number of rotatable bonds is 2. The van der Waals surface area contributed by atoms with Gasteiger partial charge in [0.15, 0.2) is 0 Å². The van der Waals surface area contributed by atoms with E-state index in [0.29, 0.717) is 11.6 Å². The lowest BCUT2D eigenvalue weighted by atomic mass is 10.2. The highest BCUT2D eigenvalue weighted by Gasteiger charge is 2.22. The minimum absolute atomic E-state index is 0. The molecule has 22 heavy (non-hydrogen) atoms. The Morgan fingerprint density at radius 1 is 1.36 bits per heavy atom. The molecule has 7 heteroatoms. The Bertz CT molecular complexity index is 643. The van der Waals surface area contributed by atoms with Crippen molar-refractivity contribution in [3.8, 4) is 5.69 Å². The number of halogens is 2. The molecule has 3 rings (SSSR count). The van der Waals surface area contributed by atoms with E-state index in [1.165, 1.54) is 0 Å². The van der Waals surface area contributed by atoms with E-state index in [9.17, 15) is 4.79 Å². The summed E-state index contributed by atoms with van der Waals surface area (Å²) >= 11 is 3.41. The largest absolute Gasteiger partial charge is 0.336 e. The summed E-state index contributed by atoms with van der Waals surface area (Å²) in [5.74, 6) is 0.0479. The molecule has 1 fully saturated rings. The first-order chi connectivity index (χ1) is 10.1. The van der Waals surface area contributed by atoms with Crippen LogP contribution in [0.5, 0.6) is 0 Å². The SMILES string of the molecule is CC1CN(C(=O)c2cnn(-c3ccc(Br)cc3)c2)CCN1.Cl. The molecule has 1 amide bonds. The lowest BCUT2D eigenvalue weighted by Crippen LogP contribution is -2.51. The van der Waals surface area contributed by atoms with Crippen LogP contribution in [0.2, 0.25) is 0 Å². The highest BCUT2D eigenvalue weighted by molar-refractivity contribution is 9.10. The molecule has 1 unspecified atom stereocenters. The summed E-state index contributed by atoms with van der Waals surface area (Å²) in [4.78, 5) is 14.4. The van der Waals surface area contributed by atoms with Crippen LogP contribution in [-0.4, -0.2) is 46.3 Å². The summed E-state index contributed by atoms with van der Waals surface area (Å²) < 4.78 is 2.75. The molecule has 1 aliphatic rings. The first-order valence-corrected chi connectivity index (χ1v) is 7.76. The molecule has 1 aromatic carbocycles. The Labute approximate surface area is 144 Å². The molecular formula is C15H18BrClN4O. The molecule has 1 aromatic heterocycles. The van der Waals surface area contributed by atoms with Crippen molar-refractivity contribution in [3.05, 3.63) is 46.7 Å². The van der Waals surface area contributed by atoms with Crippen LogP contribution in [0.3, 0.4) is 0 Å². The van der Waals surface area contributed by atoms with Gasteiger partial charge in [0.1, 0.15) is 0 Å². The average Bonchev–Trinajstić information content (AvgIpc) is 2.97. The van der Waals surface area contributed by atoms with Gasteiger partial charge in [-0.15, -0.1) is 12.4 Å². The maximum absolute atomic E-state index is 12.5. The number of hydrogen-bond acceptors (Lipinski definition) is 3. The number of amides is 1. The molecule has 0 radical (unpaired) electrons. The molecule has 0 spiro atoms. The maximum Gasteiger partial charge on any atom is 0.257 e. The molecule has 1 aliphatic heterocycles. The minimum Gasteiger partial charge on any atom is -0.336 e. The van der Waals surface area contributed by atoms with E-state index in [2.05, 4.69) is 33.3 Å². The summed E-state index contributed by atoms with van der Waals surface area (Å²) in [7, 11) is 0. The molecule has 2 aromatic rings. The van der Waals surface area contributed by atoms with Crippen molar-refractivity contribution in [1.82, 2.24) is 20.0 Å². The number of carbonyl (C=O) groups excluding carboxylic acids is 1. The van der Waals surface area contributed by atoms with Gasteiger partial charge in [-0.1, -0.05) is 15.9 Å².